The van der Waals surface area contributed by atoms with Gasteiger partial charge in [0.25, 0.3) is 5.91 Å². The summed E-state index contributed by atoms with van der Waals surface area (Å²) in [5.74, 6) is 0.470. The van der Waals surface area contributed by atoms with E-state index >= 15 is 0 Å². The van der Waals surface area contributed by atoms with Crippen molar-refractivity contribution in [2.75, 3.05) is 37.6 Å². The highest BCUT2D eigenvalue weighted by atomic mass is 16.3. The van der Waals surface area contributed by atoms with E-state index in [-0.39, 0.29) is 11.9 Å². The molecule has 1 aliphatic heterocycles. The number of benzene rings is 2. The zero-order valence-electron chi connectivity index (χ0n) is 15.7. The fourth-order valence-corrected chi connectivity index (χ4v) is 4.35. The number of aryl methyl sites for hydroxylation is 1. The molecule has 3 N–H and O–H groups in total. The van der Waals surface area contributed by atoms with E-state index in [0.29, 0.717) is 12.3 Å². The minimum atomic E-state index is 0.141. The Balaban J connectivity index is 1.30. The quantitative estimate of drug-likeness (QED) is 0.764. The number of piperazine rings is 1. The molecular formula is C22H28N3O2+. The van der Waals surface area contributed by atoms with E-state index in [0.717, 1.165) is 51.1 Å². The highest BCUT2D eigenvalue weighted by Crippen LogP contribution is 2.29. The molecule has 0 saturated carbocycles. The first-order chi connectivity index (χ1) is 13.2. The topological polar surface area (TPSA) is 57.0 Å². The second-order valence-electron chi connectivity index (χ2n) is 7.61. The maximum absolute atomic E-state index is 12.6. The molecule has 5 heteroatoms. The third kappa shape index (κ3) is 4.08. The van der Waals surface area contributed by atoms with Crippen LogP contribution in [0.15, 0.2) is 48.5 Å². The fourth-order valence-electron chi connectivity index (χ4n) is 4.35. The molecule has 0 spiro atoms. The standard InChI is InChI=1S/C22H27N3O2/c26-21-11-4-3-10-20(21)25-14-12-24(13-15-25)16-22(27)23-19-9-5-7-17-6-1-2-8-18(17)19/h1-4,6,8,10-11,19,26H,5,7,9,12-16H2,(H,23,27)/p+1/t19-/m1/s1. The Morgan fingerprint density at radius 1 is 1.11 bits per heavy atom. The van der Waals surface area contributed by atoms with Crippen molar-refractivity contribution in [3.8, 4) is 5.75 Å². The normalized spacial score (nSPS) is 20.1. The van der Waals surface area contributed by atoms with Gasteiger partial charge >= 0.3 is 0 Å². The number of hydrogen-bond donors (Lipinski definition) is 3. The van der Waals surface area contributed by atoms with Crippen LogP contribution < -0.4 is 15.1 Å². The van der Waals surface area contributed by atoms with E-state index in [9.17, 15) is 9.90 Å². The van der Waals surface area contributed by atoms with Crippen LogP contribution >= 0.6 is 0 Å². The predicted octanol–water partition coefficient (Wildman–Crippen LogP) is 1.29. The summed E-state index contributed by atoms with van der Waals surface area (Å²) in [6.45, 7) is 4.04. The summed E-state index contributed by atoms with van der Waals surface area (Å²) in [4.78, 5) is 16.1. The smallest absolute Gasteiger partial charge is 0.275 e. The van der Waals surface area contributed by atoms with E-state index in [1.165, 1.54) is 16.0 Å². The minimum Gasteiger partial charge on any atom is -0.506 e. The lowest BCUT2D eigenvalue weighted by molar-refractivity contribution is -0.892. The fraction of sp³-hybridized carbons (Fsp3) is 0.409. The van der Waals surface area contributed by atoms with Gasteiger partial charge in [-0.25, -0.2) is 0 Å². The molecule has 0 radical (unpaired) electrons. The lowest BCUT2D eigenvalue weighted by Crippen LogP contribution is -3.16. The first kappa shape index (κ1) is 17.9. The van der Waals surface area contributed by atoms with Gasteiger partial charge in [-0.2, -0.15) is 0 Å². The van der Waals surface area contributed by atoms with Crippen molar-refractivity contribution in [3.05, 3.63) is 59.7 Å². The number of rotatable bonds is 4. The number of nitrogens with zero attached hydrogens (tertiary/aromatic N) is 1. The van der Waals surface area contributed by atoms with Gasteiger partial charge in [-0.1, -0.05) is 36.4 Å². The Morgan fingerprint density at radius 3 is 2.67 bits per heavy atom. The molecule has 1 atom stereocenters. The summed E-state index contributed by atoms with van der Waals surface area (Å²) in [5, 5.41) is 13.3. The molecule has 27 heavy (non-hydrogen) atoms. The average Bonchev–Trinajstić information content (AvgIpc) is 2.69. The van der Waals surface area contributed by atoms with E-state index in [2.05, 4.69) is 34.5 Å². The number of anilines is 1. The van der Waals surface area contributed by atoms with Crippen LogP contribution in [0.25, 0.3) is 0 Å². The van der Waals surface area contributed by atoms with Crippen LogP contribution in [-0.2, 0) is 11.2 Å². The number of phenolic OH excluding ortho intramolecular Hbond substituents is 1. The average molecular weight is 366 g/mol. The number of aromatic hydroxyl groups is 1. The van der Waals surface area contributed by atoms with Crippen LogP contribution in [0.1, 0.15) is 30.0 Å². The van der Waals surface area contributed by atoms with E-state index in [4.69, 9.17) is 0 Å². The van der Waals surface area contributed by atoms with Gasteiger partial charge in [0, 0.05) is 0 Å². The predicted molar refractivity (Wildman–Crippen MR) is 106 cm³/mol. The third-order valence-corrected chi connectivity index (χ3v) is 5.81. The number of amides is 1. The van der Waals surface area contributed by atoms with Crippen LogP contribution in [0.5, 0.6) is 5.75 Å². The van der Waals surface area contributed by atoms with Crippen LogP contribution in [-0.4, -0.2) is 43.7 Å². The number of carbonyl (C=O) groups is 1. The lowest BCUT2D eigenvalue weighted by Gasteiger charge is -2.34. The number of hydrogen-bond acceptors (Lipinski definition) is 3. The van der Waals surface area contributed by atoms with Crippen LogP contribution in [0.3, 0.4) is 0 Å². The van der Waals surface area contributed by atoms with Crippen molar-refractivity contribution in [1.82, 2.24) is 5.32 Å². The summed E-state index contributed by atoms with van der Waals surface area (Å²) in [6.07, 6.45) is 3.27. The van der Waals surface area contributed by atoms with Gasteiger partial charge in [0.1, 0.15) is 5.75 Å². The van der Waals surface area contributed by atoms with E-state index in [1.807, 2.05) is 18.2 Å². The SMILES string of the molecule is O=C(C[NH+]1CCN(c2ccccc2O)CC1)N[C@@H]1CCCc2ccccc21. The van der Waals surface area contributed by atoms with Crippen molar-refractivity contribution in [2.24, 2.45) is 0 Å². The van der Waals surface area contributed by atoms with Crippen molar-refractivity contribution in [2.45, 2.75) is 25.3 Å². The van der Waals surface area contributed by atoms with E-state index in [1.54, 1.807) is 6.07 Å². The minimum absolute atomic E-state index is 0.141. The van der Waals surface area contributed by atoms with Gasteiger partial charge in [-0.3, -0.25) is 4.79 Å². The summed E-state index contributed by atoms with van der Waals surface area (Å²) in [5.41, 5.74) is 3.55. The zero-order valence-corrected chi connectivity index (χ0v) is 15.7. The van der Waals surface area contributed by atoms with Gasteiger partial charge < -0.3 is 20.2 Å². The Morgan fingerprint density at radius 2 is 1.85 bits per heavy atom. The maximum Gasteiger partial charge on any atom is 0.275 e. The Bertz CT molecular complexity index is 800. The summed E-state index contributed by atoms with van der Waals surface area (Å²) in [7, 11) is 0. The summed E-state index contributed by atoms with van der Waals surface area (Å²) < 4.78 is 0. The van der Waals surface area contributed by atoms with Gasteiger partial charge in [0.05, 0.1) is 37.9 Å². The molecule has 2 aliphatic rings. The van der Waals surface area contributed by atoms with Crippen LogP contribution in [0.4, 0.5) is 5.69 Å². The summed E-state index contributed by atoms with van der Waals surface area (Å²) >= 11 is 0. The number of phenols is 1. The molecule has 2 aromatic carbocycles. The molecule has 1 aliphatic carbocycles. The molecule has 5 nitrogen and oxygen atoms in total. The van der Waals surface area contributed by atoms with Crippen molar-refractivity contribution in [1.29, 1.82) is 0 Å². The molecule has 142 valence electrons. The first-order valence-electron chi connectivity index (χ1n) is 9.94. The maximum atomic E-state index is 12.6. The molecule has 1 saturated heterocycles. The van der Waals surface area contributed by atoms with Gasteiger partial charge in [0.2, 0.25) is 0 Å². The number of para-hydroxylation sites is 2. The molecular weight excluding hydrogens is 338 g/mol. The molecule has 0 bridgehead atoms. The molecule has 2 aromatic rings. The Labute approximate surface area is 160 Å². The van der Waals surface area contributed by atoms with Gasteiger partial charge in [0.15, 0.2) is 6.54 Å². The summed E-state index contributed by atoms with van der Waals surface area (Å²) in [6, 6.07) is 16.1. The third-order valence-electron chi connectivity index (χ3n) is 5.81. The molecule has 0 aromatic heterocycles. The number of carbonyl (C=O) groups excluding carboxylic acids is 1. The number of fused-ring (bicyclic) bond motifs is 1. The number of nitrogens with one attached hydrogen (secondary N) is 2. The zero-order chi connectivity index (χ0) is 18.6. The van der Waals surface area contributed by atoms with Crippen molar-refractivity contribution >= 4 is 11.6 Å². The van der Waals surface area contributed by atoms with Gasteiger partial charge in [-0.05, 0) is 42.5 Å². The van der Waals surface area contributed by atoms with Crippen molar-refractivity contribution in [3.63, 3.8) is 0 Å². The van der Waals surface area contributed by atoms with Crippen molar-refractivity contribution < 1.29 is 14.8 Å². The highest BCUT2D eigenvalue weighted by Gasteiger charge is 2.26. The highest BCUT2D eigenvalue weighted by molar-refractivity contribution is 5.77. The largest absolute Gasteiger partial charge is 0.506 e. The second-order valence-corrected chi connectivity index (χ2v) is 7.61. The monoisotopic (exact) mass is 366 g/mol. The Kier molecular flexibility index (Phi) is 5.30. The number of quaternary nitrogens is 1. The first-order valence-corrected chi connectivity index (χ1v) is 9.94. The van der Waals surface area contributed by atoms with Gasteiger partial charge in [-0.15, -0.1) is 0 Å². The van der Waals surface area contributed by atoms with E-state index < -0.39 is 0 Å². The van der Waals surface area contributed by atoms with Crippen LogP contribution in [0, 0.1) is 0 Å². The Hall–Kier alpha value is -2.53. The second kappa shape index (κ2) is 8.01. The molecule has 4 rings (SSSR count). The van der Waals surface area contributed by atoms with Crippen LogP contribution in [0.2, 0.25) is 0 Å². The lowest BCUT2D eigenvalue weighted by atomic mass is 9.88. The molecule has 1 heterocycles. The molecule has 1 fully saturated rings. The molecule has 0 unspecified atom stereocenters. The molecule has 1 amide bonds.